The first-order valence-corrected chi connectivity index (χ1v) is 11.6. The van der Waals surface area contributed by atoms with Gasteiger partial charge in [0.25, 0.3) is 5.19 Å². The quantitative estimate of drug-likeness (QED) is 0.143. The molecule has 170 valence electrons. The van der Waals surface area contributed by atoms with E-state index >= 15 is 0 Å². The number of thiazole rings is 1. The molecule has 1 aromatic carbocycles. The van der Waals surface area contributed by atoms with Crippen molar-refractivity contribution in [1.82, 2.24) is 4.98 Å². The molecule has 6 nitrogen and oxygen atoms in total. The maximum Gasteiger partial charge on any atom is 0.273 e. The third kappa shape index (κ3) is 9.42. The third-order valence-corrected chi connectivity index (χ3v) is 5.34. The summed E-state index contributed by atoms with van der Waals surface area (Å²) in [5.41, 5.74) is 2.99. The van der Waals surface area contributed by atoms with Crippen LogP contribution in [0.3, 0.4) is 0 Å². The van der Waals surface area contributed by atoms with Crippen molar-refractivity contribution in [2.45, 2.75) is 52.9 Å². The molecular weight excluding hydrogens is 412 g/mol. The predicted octanol–water partition coefficient (Wildman–Crippen LogP) is 6.10. The van der Waals surface area contributed by atoms with Gasteiger partial charge >= 0.3 is 0 Å². The Labute approximate surface area is 189 Å². The van der Waals surface area contributed by atoms with Gasteiger partial charge in [-0.05, 0) is 56.9 Å². The third-order valence-electron chi connectivity index (χ3n) is 4.57. The van der Waals surface area contributed by atoms with Crippen molar-refractivity contribution in [3.8, 4) is 16.7 Å². The second-order valence-corrected chi connectivity index (χ2v) is 8.01. The number of aromatic nitrogens is 1. The van der Waals surface area contributed by atoms with Gasteiger partial charge in [-0.2, -0.15) is 0 Å². The van der Waals surface area contributed by atoms with Crippen molar-refractivity contribution in [2.75, 3.05) is 26.9 Å². The lowest BCUT2D eigenvalue weighted by molar-refractivity contribution is 0.215. The molecule has 7 heteroatoms. The highest BCUT2D eigenvalue weighted by atomic mass is 32.1. The maximum absolute atomic E-state index is 6.04. The van der Waals surface area contributed by atoms with E-state index in [0.717, 1.165) is 60.6 Å². The van der Waals surface area contributed by atoms with Crippen LogP contribution in [0.1, 0.15) is 55.8 Å². The summed E-state index contributed by atoms with van der Waals surface area (Å²) in [4.78, 5) is 8.96. The SMILES string of the molecule is C/C=C/COc1cc(C)c(OCCCCCCCOc2nc(/C=N/OC)cs2)c(C)c1. The zero-order valence-electron chi connectivity index (χ0n) is 19.1. The Kier molecular flexibility index (Phi) is 11.5. The highest BCUT2D eigenvalue weighted by Gasteiger charge is 2.07. The monoisotopic (exact) mass is 446 g/mol. The number of allylic oxidation sites excluding steroid dienone is 1. The molecule has 0 bridgehead atoms. The molecule has 1 aromatic heterocycles. The summed E-state index contributed by atoms with van der Waals surface area (Å²) in [6.07, 6.45) is 11.1. The molecular formula is C24H34N2O4S. The van der Waals surface area contributed by atoms with E-state index in [2.05, 4.69) is 28.8 Å². The van der Waals surface area contributed by atoms with E-state index < -0.39 is 0 Å². The van der Waals surface area contributed by atoms with E-state index in [1.807, 2.05) is 36.6 Å². The van der Waals surface area contributed by atoms with Crippen LogP contribution in [0, 0.1) is 13.8 Å². The number of hydrogen-bond acceptors (Lipinski definition) is 7. The topological polar surface area (TPSA) is 62.2 Å². The van der Waals surface area contributed by atoms with E-state index in [9.17, 15) is 0 Å². The second kappa shape index (κ2) is 14.5. The Morgan fingerprint density at radius 2 is 1.65 bits per heavy atom. The van der Waals surface area contributed by atoms with Crippen molar-refractivity contribution in [3.63, 3.8) is 0 Å². The summed E-state index contributed by atoms with van der Waals surface area (Å²) in [7, 11) is 1.51. The number of rotatable bonds is 15. The molecule has 0 unspecified atom stereocenters. The first kappa shape index (κ1) is 24.7. The minimum absolute atomic E-state index is 0.592. The van der Waals surface area contributed by atoms with E-state index in [4.69, 9.17) is 14.2 Å². The molecule has 0 aliphatic rings. The minimum Gasteiger partial charge on any atom is -0.493 e. The zero-order chi connectivity index (χ0) is 22.3. The first-order valence-electron chi connectivity index (χ1n) is 10.8. The van der Waals surface area contributed by atoms with Gasteiger partial charge in [-0.3, -0.25) is 0 Å². The van der Waals surface area contributed by atoms with Gasteiger partial charge in [0.15, 0.2) is 0 Å². The van der Waals surface area contributed by atoms with E-state index in [1.165, 1.54) is 24.9 Å². The minimum atomic E-state index is 0.592. The Bertz CT molecular complexity index is 810. The van der Waals surface area contributed by atoms with Crippen LogP contribution < -0.4 is 14.2 Å². The molecule has 2 rings (SSSR count). The van der Waals surface area contributed by atoms with Gasteiger partial charge in [0, 0.05) is 5.38 Å². The molecule has 0 saturated heterocycles. The lowest BCUT2D eigenvalue weighted by Crippen LogP contribution is -2.02. The lowest BCUT2D eigenvalue weighted by Gasteiger charge is -2.14. The molecule has 2 aromatic rings. The molecule has 0 radical (unpaired) electrons. The summed E-state index contributed by atoms with van der Waals surface area (Å²) in [6, 6.07) is 4.09. The van der Waals surface area contributed by atoms with Gasteiger partial charge in [-0.15, -0.1) is 0 Å². The largest absolute Gasteiger partial charge is 0.493 e. The molecule has 0 fully saturated rings. The van der Waals surface area contributed by atoms with Crippen molar-refractivity contribution >= 4 is 17.6 Å². The smallest absolute Gasteiger partial charge is 0.273 e. The maximum atomic E-state index is 6.04. The molecule has 1 heterocycles. The Morgan fingerprint density at radius 1 is 0.968 bits per heavy atom. The van der Waals surface area contributed by atoms with Crippen LogP contribution in [-0.4, -0.2) is 38.1 Å². The van der Waals surface area contributed by atoms with Gasteiger partial charge in [-0.25, -0.2) is 4.98 Å². The standard InChI is InChI=1S/C24H34N2O4S/c1-5-6-12-28-22-15-19(2)23(20(3)16-22)29-13-10-8-7-9-11-14-30-24-26-21(18-31-24)17-25-27-4/h5-6,15-18H,7-14H2,1-4H3/b6-5+,25-17+. The molecule has 31 heavy (non-hydrogen) atoms. The van der Waals surface area contributed by atoms with Crippen LogP contribution in [0.4, 0.5) is 0 Å². The number of aryl methyl sites for hydroxylation is 2. The first-order chi connectivity index (χ1) is 15.1. The molecule has 0 saturated carbocycles. The van der Waals surface area contributed by atoms with Crippen LogP contribution in [0.25, 0.3) is 0 Å². The van der Waals surface area contributed by atoms with Crippen LogP contribution in [-0.2, 0) is 4.84 Å². The van der Waals surface area contributed by atoms with E-state index in [1.54, 1.807) is 6.21 Å². The van der Waals surface area contributed by atoms with Crippen molar-refractivity contribution in [1.29, 1.82) is 0 Å². The van der Waals surface area contributed by atoms with Crippen LogP contribution in [0.2, 0.25) is 0 Å². The fourth-order valence-corrected chi connectivity index (χ4v) is 3.68. The highest BCUT2D eigenvalue weighted by molar-refractivity contribution is 7.11. The highest BCUT2D eigenvalue weighted by Crippen LogP contribution is 2.28. The van der Waals surface area contributed by atoms with Gasteiger partial charge in [0.2, 0.25) is 0 Å². The van der Waals surface area contributed by atoms with Gasteiger partial charge in [0.05, 0.1) is 25.1 Å². The number of unbranched alkanes of at least 4 members (excludes halogenated alkanes) is 4. The van der Waals surface area contributed by atoms with Crippen molar-refractivity contribution in [3.05, 3.63) is 46.5 Å². The molecule has 0 spiro atoms. The molecule has 0 aliphatic heterocycles. The van der Waals surface area contributed by atoms with Gasteiger partial charge in [-0.1, -0.05) is 47.9 Å². The van der Waals surface area contributed by atoms with Crippen LogP contribution >= 0.6 is 11.3 Å². The zero-order valence-corrected chi connectivity index (χ0v) is 19.9. The average molecular weight is 447 g/mol. The fourth-order valence-electron chi connectivity index (χ4n) is 3.03. The van der Waals surface area contributed by atoms with Crippen LogP contribution in [0.5, 0.6) is 16.7 Å². The number of ether oxygens (including phenoxy) is 3. The summed E-state index contributed by atoms with van der Waals surface area (Å²) < 4.78 is 17.5. The van der Waals surface area contributed by atoms with E-state index in [-0.39, 0.29) is 0 Å². The Hall–Kier alpha value is -2.54. The van der Waals surface area contributed by atoms with Gasteiger partial charge in [0.1, 0.15) is 25.2 Å². The van der Waals surface area contributed by atoms with E-state index in [0.29, 0.717) is 18.4 Å². The van der Waals surface area contributed by atoms with Crippen molar-refractivity contribution < 1.29 is 19.0 Å². The van der Waals surface area contributed by atoms with Gasteiger partial charge < -0.3 is 19.0 Å². The predicted molar refractivity (Wildman–Crippen MR) is 127 cm³/mol. The summed E-state index contributed by atoms with van der Waals surface area (Å²) in [5.74, 6) is 1.87. The fraction of sp³-hybridized carbons (Fsp3) is 0.500. The Morgan fingerprint density at radius 3 is 2.32 bits per heavy atom. The summed E-state index contributed by atoms with van der Waals surface area (Å²) in [5, 5.41) is 6.26. The molecule has 0 atom stereocenters. The summed E-state index contributed by atoms with van der Waals surface area (Å²) in [6.45, 7) is 8.15. The number of hydrogen-bond donors (Lipinski definition) is 0. The normalized spacial score (nSPS) is 11.4. The number of nitrogens with zero attached hydrogens (tertiary/aromatic N) is 2. The number of benzene rings is 1. The van der Waals surface area contributed by atoms with Crippen molar-refractivity contribution in [2.24, 2.45) is 5.16 Å². The van der Waals surface area contributed by atoms with Crippen LogP contribution in [0.15, 0.2) is 34.8 Å². The molecule has 0 N–H and O–H groups in total. The Balaban J connectivity index is 1.56. The number of oxime groups is 1. The summed E-state index contributed by atoms with van der Waals surface area (Å²) >= 11 is 1.47. The lowest BCUT2D eigenvalue weighted by atomic mass is 10.1. The second-order valence-electron chi connectivity index (χ2n) is 7.19. The molecule has 0 aliphatic carbocycles. The average Bonchev–Trinajstić information content (AvgIpc) is 3.20. The molecule has 0 amide bonds.